The van der Waals surface area contributed by atoms with Gasteiger partial charge in [-0.15, -0.1) is 0 Å². The molecule has 7 nitrogen and oxygen atoms in total. The number of nitrogens with zero attached hydrogens (tertiary/aromatic N) is 1. The third-order valence-electron chi connectivity index (χ3n) is 4.84. The van der Waals surface area contributed by atoms with E-state index in [2.05, 4.69) is 5.32 Å². The third-order valence-corrected chi connectivity index (χ3v) is 5.21. The van der Waals surface area contributed by atoms with Crippen molar-refractivity contribution in [3.8, 4) is 11.5 Å². The first-order chi connectivity index (χ1) is 14.6. The lowest BCUT2D eigenvalue weighted by Gasteiger charge is -2.36. The van der Waals surface area contributed by atoms with Crippen molar-refractivity contribution < 1.29 is 23.8 Å². The number of halogens is 1. The Morgan fingerprint density at radius 1 is 1.16 bits per heavy atom. The van der Waals surface area contributed by atoms with E-state index < -0.39 is 17.7 Å². The molecule has 1 aliphatic rings. The van der Waals surface area contributed by atoms with Gasteiger partial charge in [0, 0.05) is 11.4 Å². The number of benzene rings is 2. The highest BCUT2D eigenvalue weighted by molar-refractivity contribution is 6.31. The molecule has 1 N–H and O–H groups in total. The van der Waals surface area contributed by atoms with Crippen LogP contribution >= 0.6 is 11.6 Å². The Hall–Kier alpha value is -2.93. The maximum atomic E-state index is 13.5. The number of nitrogens with one attached hydrogen (secondary N) is 1. The third kappa shape index (κ3) is 5.05. The van der Waals surface area contributed by atoms with Crippen LogP contribution in [-0.4, -0.2) is 37.9 Å². The number of anilines is 1. The van der Waals surface area contributed by atoms with Gasteiger partial charge < -0.3 is 24.4 Å². The molecule has 0 radical (unpaired) electrons. The van der Waals surface area contributed by atoms with Crippen LogP contribution in [0.3, 0.4) is 0 Å². The Balaban J connectivity index is 2.02. The first-order valence-corrected chi connectivity index (χ1v) is 10.3. The zero-order valence-corrected chi connectivity index (χ0v) is 19.1. The molecule has 0 aromatic heterocycles. The van der Waals surface area contributed by atoms with Crippen LogP contribution in [0.4, 0.5) is 10.5 Å². The predicted molar refractivity (Wildman–Crippen MR) is 119 cm³/mol. The highest BCUT2D eigenvalue weighted by Crippen LogP contribution is 2.44. The van der Waals surface area contributed by atoms with Crippen molar-refractivity contribution in [2.45, 2.75) is 45.4 Å². The second kappa shape index (κ2) is 9.06. The monoisotopic (exact) mass is 446 g/mol. The number of hydrogen-bond donors (Lipinski definition) is 1. The minimum atomic E-state index is -0.789. The Morgan fingerprint density at radius 2 is 1.87 bits per heavy atom. The van der Waals surface area contributed by atoms with Crippen LogP contribution in [-0.2, 0) is 22.5 Å². The molecule has 3 rings (SSSR count). The highest BCUT2D eigenvalue weighted by atomic mass is 35.5. The number of hydrogen-bond acceptors (Lipinski definition) is 5. The molecule has 0 spiro atoms. The predicted octanol–water partition coefficient (Wildman–Crippen LogP) is 4.34. The molecule has 31 heavy (non-hydrogen) atoms. The zero-order chi connectivity index (χ0) is 22.8. The molecule has 1 heterocycles. The molecule has 0 bridgehead atoms. The number of carbonyl (C=O) groups excluding carboxylic acids is 2. The van der Waals surface area contributed by atoms with E-state index in [0.29, 0.717) is 28.6 Å². The number of alkyl carbamates (subject to hydrolysis) is 1. The normalized spacial score (nSPS) is 15.9. The number of ether oxygens (including phenoxy) is 3. The molecule has 1 atom stereocenters. The van der Waals surface area contributed by atoms with E-state index >= 15 is 0 Å². The molecule has 2 amide bonds. The minimum Gasteiger partial charge on any atom is -0.493 e. The Kier molecular flexibility index (Phi) is 6.65. The van der Waals surface area contributed by atoms with Gasteiger partial charge in [0.15, 0.2) is 11.5 Å². The second-order valence-electron chi connectivity index (χ2n) is 8.23. The summed E-state index contributed by atoms with van der Waals surface area (Å²) in [7, 11) is 3.07. The molecule has 1 aliphatic heterocycles. The van der Waals surface area contributed by atoms with Gasteiger partial charge >= 0.3 is 6.09 Å². The molecule has 0 saturated carbocycles. The minimum absolute atomic E-state index is 0.210. The average molecular weight is 447 g/mol. The van der Waals surface area contributed by atoms with Crippen molar-refractivity contribution in [2.24, 2.45) is 0 Å². The molecular formula is C23H27ClN2O5. The molecule has 2 aromatic carbocycles. The Morgan fingerprint density at radius 3 is 2.48 bits per heavy atom. The highest BCUT2D eigenvalue weighted by Gasteiger charge is 2.38. The quantitative estimate of drug-likeness (QED) is 0.739. The molecule has 0 fully saturated rings. The maximum absolute atomic E-state index is 13.5. The van der Waals surface area contributed by atoms with E-state index in [1.807, 2.05) is 24.3 Å². The Labute approximate surface area is 187 Å². The van der Waals surface area contributed by atoms with Crippen LogP contribution in [0.2, 0.25) is 5.02 Å². The summed E-state index contributed by atoms with van der Waals surface area (Å²) in [4.78, 5) is 27.4. The van der Waals surface area contributed by atoms with E-state index in [1.165, 1.54) is 7.11 Å². The number of rotatable bonds is 5. The van der Waals surface area contributed by atoms with Gasteiger partial charge in [-0.1, -0.05) is 35.9 Å². The average Bonchev–Trinajstić information content (AvgIpc) is 2.70. The maximum Gasteiger partial charge on any atom is 0.408 e. The van der Waals surface area contributed by atoms with Crippen LogP contribution < -0.4 is 19.7 Å². The van der Waals surface area contributed by atoms with Crippen molar-refractivity contribution >= 4 is 29.3 Å². The zero-order valence-electron chi connectivity index (χ0n) is 18.3. The standard InChI is InChI=1S/C23H27ClN2O5/c1-23(2,3)31-22(28)25-17-12-14-10-11-18(29-4)20(30-5)19(14)26(21(17)27)13-15-8-6-7-9-16(15)24/h6-11,17H,12-13H2,1-5H3,(H,25,28). The van der Waals surface area contributed by atoms with Crippen molar-refractivity contribution in [3.05, 3.63) is 52.5 Å². The molecule has 1 unspecified atom stereocenters. The smallest absolute Gasteiger partial charge is 0.408 e. The van der Waals surface area contributed by atoms with Gasteiger partial charge in [-0.25, -0.2) is 4.79 Å². The van der Waals surface area contributed by atoms with Crippen LogP contribution in [0.15, 0.2) is 36.4 Å². The van der Waals surface area contributed by atoms with E-state index in [4.69, 9.17) is 25.8 Å². The fourth-order valence-corrected chi connectivity index (χ4v) is 3.73. The summed E-state index contributed by atoms with van der Waals surface area (Å²) in [6, 6.07) is 10.2. The van der Waals surface area contributed by atoms with E-state index in [0.717, 1.165) is 11.1 Å². The summed E-state index contributed by atoms with van der Waals surface area (Å²) in [5, 5.41) is 3.25. The van der Waals surface area contributed by atoms with Gasteiger partial charge in [0.2, 0.25) is 5.91 Å². The van der Waals surface area contributed by atoms with Gasteiger partial charge in [0.1, 0.15) is 11.6 Å². The molecule has 2 aromatic rings. The van der Waals surface area contributed by atoms with E-state index in [-0.39, 0.29) is 12.5 Å². The number of methoxy groups -OCH3 is 2. The van der Waals surface area contributed by atoms with Crippen LogP contribution in [0.25, 0.3) is 0 Å². The molecule has 0 aliphatic carbocycles. The van der Waals surface area contributed by atoms with Crippen molar-refractivity contribution in [1.82, 2.24) is 5.32 Å². The van der Waals surface area contributed by atoms with Gasteiger partial charge in [-0.05, 0) is 44.0 Å². The van der Waals surface area contributed by atoms with Gasteiger partial charge in [0.05, 0.1) is 26.5 Å². The lowest BCUT2D eigenvalue weighted by atomic mass is 9.95. The fraction of sp³-hybridized carbons (Fsp3) is 0.391. The number of amides is 2. The summed E-state index contributed by atoms with van der Waals surface area (Å²) in [6.07, 6.45) is -0.347. The number of carbonyl (C=O) groups is 2. The SMILES string of the molecule is COc1ccc2c(c1OC)N(Cc1ccccc1Cl)C(=O)C(NC(=O)OC(C)(C)C)C2. The first-order valence-electron chi connectivity index (χ1n) is 9.92. The molecule has 8 heteroatoms. The largest absolute Gasteiger partial charge is 0.493 e. The second-order valence-corrected chi connectivity index (χ2v) is 8.63. The van der Waals surface area contributed by atoms with Gasteiger partial charge in [-0.3, -0.25) is 4.79 Å². The van der Waals surface area contributed by atoms with E-state index in [1.54, 1.807) is 44.9 Å². The summed E-state index contributed by atoms with van der Waals surface area (Å²) in [6.45, 7) is 5.52. The van der Waals surface area contributed by atoms with Crippen LogP contribution in [0, 0.1) is 0 Å². The lowest BCUT2D eigenvalue weighted by Crippen LogP contribution is -2.53. The van der Waals surface area contributed by atoms with Crippen LogP contribution in [0.1, 0.15) is 31.9 Å². The molecular weight excluding hydrogens is 420 g/mol. The fourth-order valence-electron chi connectivity index (χ4n) is 3.53. The number of fused-ring (bicyclic) bond motifs is 1. The van der Waals surface area contributed by atoms with Crippen LogP contribution in [0.5, 0.6) is 11.5 Å². The first kappa shape index (κ1) is 22.7. The Bertz CT molecular complexity index is 986. The van der Waals surface area contributed by atoms with Gasteiger partial charge in [-0.2, -0.15) is 0 Å². The van der Waals surface area contributed by atoms with Gasteiger partial charge in [0.25, 0.3) is 0 Å². The summed E-state index contributed by atoms with van der Waals surface area (Å²) < 4.78 is 16.4. The van der Waals surface area contributed by atoms with Crippen molar-refractivity contribution in [2.75, 3.05) is 19.1 Å². The molecule has 0 saturated heterocycles. The summed E-state index contributed by atoms with van der Waals surface area (Å²) in [5.41, 5.74) is 1.54. The lowest BCUT2D eigenvalue weighted by molar-refractivity contribution is -0.121. The topological polar surface area (TPSA) is 77.1 Å². The summed E-state index contributed by atoms with van der Waals surface area (Å²) in [5.74, 6) is 0.678. The van der Waals surface area contributed by atoms with E-state index in [9.17, 15) is 9.59 Å². The van der Waals surface area contributed by atoms with Crippen molar-refractivity contribution in [3.63, 3.8) is 0 Å². The van der Waals surface area contributed by atoms with Crippen molar-refractivity contribution in [1.29, 1.82) is 0 Å². The summed E-state index contributed by atoms with van der Waals surface area (Å²) >= 11 is 6.36. The molecule has 166 valence electrons.